The highest BCUT2D eigenvalue weighted by atomic mass is 35.5. The van der Waals surface area contributed by atoms with Gasteiger partial charge in [-0.15, -0.1) is 0 Å². The molecule has 0 aliphatic heterocycles. The number of rotatable bonds is 3. The Hall–Kier alpha value is -2.79. The molecule has 0 fully saturated rings. The summed E-state index contributed by atoms with van der Waals surface area (Å²) in [6.07, 6.45) is 1.62. The van der Waals surface area contributed by atoms with Gasteiger partial charge in [-0.1, -0.05) is 29.8 Å². The van der Waals surface area contributed by atoms with Gasteiger partial charge in [0.2, 0.25) is 0 Å². The summed E-state index contributed by atoms with van der Waals surface area (Å²) >= 11 is 6.18. The zero-order chi connectivity index (χ0) is 16.4. The highest BCUT2D eigenvalue weighted by Gasteiger charge is 2.07. The van der Waals surface area contributed by atoms with Crippen molar-refractivity contribution >= 4 is 40.1 Å². The van der Waals surface area contributed by atoms with Crippen LogP contribution in [0.5, 0.6) is 0 Å². The summed E-state index contributed by atoms with van der Waals surface area (Å²) in [7, 11) is 0. The van der Waals surface area contributed by atoms with E-state index in [1.165, 1.54) is 12.1 Å². The monoisotopic (exact) mass is 325 g/mol. The zero-order valence-electron chi connectivity index (χ0n) is 12.2. The Balaban J connectivity index is 1.97. The smallest absolute Gasteiger partial charge is 0.258 e. The van der Waals surface area contributed by atoms with Gasteiger partial charge in [0.05, 0.1) is 16.1 Å². The number of nitro groups is 1. The number of non-ortho nitro benzene ring substituents is 1. The van der Waals surface area contributed by atoms with Crippen LogP contribution in [0.15, 0.2) is 53.5 Å². The maximum atomic E-state index is 10.8. The Morgan fingerprint density at radius 1 is 1.22 bits per heavy atom. The first-order valence-corrected chi connectivity index (χ1v) is 7.27. The molecule has 5 nitrogen and oxygen atoms in total. The molecule has 2 aromatic carbocycles. The van der Waals surface area contributed by atoms with Crippen molar-refractivity contribution in [2.45, 2.75) is 6.92 Å². The van der Waals surface area contributed by atoms with Crippen molar-refractivity contribution < 1.29 is 4.92 Å². The van der Waals surface area contributed by atoms with Crippen LogP contribution in [0.3, 0.4) is 0 Å². The molecule has 3 rings (SSSR count). The van der Waals surface area contributed by atoms with Crippen molar-refractivity contribution in [2.24, 2.45) is 4.99 Å². The van der Waals surface area contributed by atoms with Crippen molar-refractivity contribution in [3.05, 3.63) is 74.9 Å². The van der Waals surface area contributed by atoms with Gasteiger partial charge in [0.25, 0.3) is 5.69 Å². The van der Waals surface area contributed by atoms with E-state index in [-0.39, 0.29) is 5.69 Å². The molecule has 6 heteroatoms. The molecule has 1 aromatic heterocycles. The summed E-state index contributed by atoms with van der Waals surface area (Å²) in [5.41, 5.74) is 2.94. The number of nitro benzene ring substituents is 1. The van der Waals surface area contributed by atoms with Crippen LogP contribution in [0.25, 0.3) is 10.9 Å². The van der Waals surface area contributed by atoms with E-state index in [2.05, 4.69) is 9.98 Å². The van der Waals surface area contributed by atoms with E-state index >= 15 is 0 Å². The van der Waals surface area contributed by atoms with Crippen LogP contribution < -0.4 is 0 Å². The number of aromatic nitrogens is 1. The number of halogens is 1. The highest BCUT2D eigenvalue weighted by Crippen LogP contribution is 2.25. The van der Waals surface area contributed by atoms with Gasteiger partial charge in [-0.05, 0) is 30.7 Å². The lowest BCUT2D eigenvalue weighted by Gasteiger charge is -2.03. The quantitative estimate of drug-likeness (QED) is 0.299. The Morgan fingerprint density at radius 2 is 2.00 bits per heavy atom. The fourth-order valence-corrected chi connectivity index (χ4v) is 2.43. The van der Waals surface area contributed by atoms with Crippen molar-refractivity contribution in [2.75, 3.05) is 0 Å². The lowest BCUT2D eigenvalue weighted by atomic mass is 10.1. The number of pyridine rings is 1. The van der Waals surface area contributed by atoms with Crippen LogP contribution in [0.2, 0.25) is 5.15 Å². The van der Waals surface area contributed by atoms with Crippen LogP contribution in [0.1, 0.15) is 11.1 Å². The zero-order valence-corrected chi connectivity index (χ0v) is 13.0. The molecule has 0 spiro atoms. The number of aryl methyl sites for hydroxylation is 1. The maximum absolute atomic E-state index is 10.8. The second-order valence-electron chi connectivity index (χ2n) is 5.05. The lowest BCUT2D eigenvalue weighted by molar-refractivity contribution is -0.384. The molecule has 0 atom stereocenters. The summed E-state index contributed by atoms with van der Waals surface area (Å²) in [6, 6.07) is 14.1. The second-order valence-corrected chi connectivity index (χ2v) is 5.41. The molecular weight excluding hydrogens is 314 g/mol. The van der Waals surface area contributed by atoms with E-state index in [0.29, 0.717) is 16.4 Å². The highest BCUT2D eigenvalue weighted by molar-refractivity contribution is 6.32. The SMILES string of the molecule is Cc1cc([N+](=O)[O-])ccc1N=Cc1cc2ccccc2nc1Cl. The minimum atomic E-state index is -0.426. The number of benzene rings is 2. The van der Waals surface area contributed by atoms with Crippen molar-refractivity contribution in [1.82, 2.24) is 4.98 Å². The van der Waals surface area contributed by atoms with E-state index in [0.717, 1.165) is 16.5 Å². The van der Waals surface area contributed by atoms with E-state index in [1.807, 2.05) is 30.3 Å². The molecule has 0 aliphatic carbocycles. The van der Waals surface area contributed by atoms with E-state index in [9.17, 15) is 10.1 Å². The molecule has 0 aliphatic rings. The topological polar surface area (TPSA) is 68.4 Å². The van der Waals surface area contributed by atoms with Crippen LogP contribution in [0.4, 0.5) is 11.4 Å². The summed E-state index contributed by atoms with van der Waals surface area (Å²) in [6.45, 7) is 1.78. The van der Waals surface area contributed by atoms with Gasteiger partial charge < -0.3 is 0 Å². The first kappa shape index (κ1) is 15.1. The number of para-hydroxylation sites is 1. The maximum Gasteiger partial charge on any atom is 0.269 e. The number of fused-ring (bicyclic) bond motifs is 1. The largest absolute Gasteiger partial charge is 0.269 e. The van der Waals surface area contributed by atoms with Gasteiger partial charge in [0, 0.05) is 29.3 Å². The summed E-state index contributed by atoms with van der Waals surface area (Å²) < 4.78 is 0. The number of nitrogens with zero attached hydrogens (tertiary/aromatic N) is 3. The molecule has 0 saturated heterocycles. The Labute approximate surface area is 137 Å². The molecule has 0 amide bonds. The van der Waals surface area contributed by atoms with E-state index < -0.39 is 4.92 Å². The summed E-state index contributed by atoms with van der Waals surface area (Å²) in [4.78, 5) is 19.0. The predicted molar refractivity (Wildman–Crippen MR) is 91.8 cm³/mol. The molecular formula is C17H12ClN3O2. The number of hydrogen-bond acceptors (Lipinski definition) is 4. The summed E-state index contributed by atoms with van der Waals surface area (Å²) in [5, 5.41) is 12.1. The van der Waals surface area contributed by atoms with E-state index in [1.54, 1.807) is 19.2 Å². The number of aliphatic imine (C=N–C) groups is 1. The van der Waals surface area contributed by atoms with Gasteiger partial charge in [0.15, 0.2) is 0 Å². The Morgan fingerprint density at radius 3 is 2.74 bits per heavy atom. The predicted octanol–water partition coefficient (Wildman–Crippen LogP) is 4.86. The van der Waals surface area contributed by atoms with Crippen molar-refractivity contribution in [3.8, 4) is 0 Å². The molecule has 0 N–H and O–H groups in total. The number of hydrogen-bond donors (Lipinski definition) is 0. The molecule has 0 saturated carbocycles. The molecule has 0 unspecified atom stereocenters. The molecule has 23 heavy (non-hydrogen) atoms. The Kier molecular flexibility index (Phi) is 4.04. The van der Waals surface area contributed by atoms with E-state index in [4.69, 9.17) is 11.6 Å². The normalized spacial score (nSPS) is 11.2. The molecule has 0 radical (unpaired) electrons. The molecule has 3 aromatic rings. The average molecular weight is 326 g/mol. The third-order valence-corrected chi connectivity index (χ3v) is 3.74. The first-order valence-electron chi connectivity index (χ1n) is 6.89. The van der Waals surface area contributed by atoms with Crippen molar-refractivity contribution in [1.29, 1.82) is 0 Å². The molecule has 1 heterocycles. The van der Waals surface area contributed by atoms with Gasteiger partial charge in [0.1, 0.15) is 5.15 Å². The van der Waals surface area contributed by atoms with Crippen LogP contribution in [-0.4, -0.2) is 16.1 Å². The van der Waals surface area contributed by atoms with Crippen LogP contribution in [0, 0.1) is 17.0 Å². The fraction of sp³-hybridized carbons (Fsp3) is 0.0588. The van der Waals surface area contributed by atoms with Crippen LogP contribution >= 0.6 is 11.6 Å². The standard InChI is InChI=1S/C17H12ClN3O2/c1-11-8-14(21(22)23)6-7-15(11)19-10-13-9-12-4-2-3-5-16(12)20-17(13)18/h2-10H,1H3. The Bertz CT molecular complexity index is 938. The summed E-state index contributed by atoms with van der Waals surface area (Å²) in [5.74, 6) is 0. The average Bonchev–Trinajstić information content (AvgIpc) is 2.53. The third-order valence-electron chi connectivity index (χ3n) is 3.44. The van der Waals surface area contributed by atoms with Gasteiger partial charge >= 0.3 is 0 Å². The van der Waals surface area contributed by atoms with Gasteiger partial charge in [-0.2, -0.15) is 0 Å². The minimum absolute atomic E-state index is 0.0480. The third kappa shape index (κ3) is 3.19. The van der Waals surface area contributed by atoms with Crippen molar-refractivity contribution in [3.63, 3.8) is 0 Å². The fourth-order valence-electron chi connectivity index (χ4n) is 2.24. The lowest BCUT2D eigenvalue weighted by Crippen LogP contribution is -1.90. The molecule has 114 valence electrons. The van der Waals surface area contributed by atoms with Gasteiger partial charge in [-0.3, -0.25) is 15.1 Å². The minimum Gasteiger partial charge on any atom is -0.258 e. The van der Waals surface area contributed by atoms with Crippen LogP contribution in [-0.2, 0) is 0 Å². The molecule has 0 bridgehead atoms. The second kappa shape index (κ2) is 6.14. The van der Waals surface area contributed by atoms with Gasteiger partial charge in [-0.25, -0.2) is 4.98 Å². The first-order chi connectivity index (χ1) is 11.0.